The van der Waals surface area contributed by atoms with E-state index in [4.69, 9.17) is 21.9 Å². The number of Topliss-reactive ketones (excluding diaryl/α,β-unsaturated/α-hetero) is 4. The Kier molecular flexibility index (Phi) is 7.93. The smallest absolute Gasteiger partial charge is 0.411 e. The molecule has 2 saturated carbocycles. The third-order valence-electron chi connectivity index (χ3n) is 8.84. The number of hydrogen-bond acceptors (Lipinski definition) is 13. The van der Waals surface area contributed by atoms with Crippen molar-refractivity contribution in [2.75, 3.05) is 45.0 Å². The number of fused-ring (bicyclic) bond motifs is 3. The number of nitrogens with one attached hydrogen (secondary N) is 1. The van der Waals surface area contributed by atoms with Gasteiger partial charge in [0.2, 0.25) is 5.91 Å². The van der Waals surface area contributed by atoms with Crippen molar-refractivity contribution in [3.05, 3.63) is 29.8 Å². The molecule has 15 nitrogen and oxygen atoms in total. The first-order valence-electron chi connectivity index (χ1n) is 13.7. The lowest BCUT2D eigenvalue weighted by atomic mass is 9.42. The molecular weight excluding hydrogens is 574 g/mol. The van der Waals surface area contributed by atoms with Crippen molar-refractivity contribution < 1.29 is 38.6 Å². The number of primary amides is 1. The number of ketones is 4. The molecule has 0 aromatic heterocycles. The van der Waals surface area contributed by atoms with Gasteiger partial charge in [-0.25, -0.2) is 4.79 Å². The Morgan fingerprint density at radius 1 is 1.20 bits per heavy atom. The molecule has 4 rings (SSSR count). The molecule has 0 aliphatic heterocycles. The SMILES string of the molecule is C=CCCOC(=O)Nc1cc(N(C)C)c2c(c1O)C(=O)C1C(=O)[C@]3(C#N)C(=O)C(C(N)=O)C(=O)[C@@H](N(C)C)[C@]3(N)C[C@]1(N)C2. The molecular formula is C29H35N7O8. The lowest BCUT2D eigenvalue weighted by molar-refractivity contribution is -0.166. The zero-order chi connectivity index (χ0) is 33.1. The van der Waals surface area contributed by atoms with E-state index in [-0.39, 0.29) is 29.8 Å². The Hall–Kier alpha value is -4.65. The first-order chi connectivity index (χ1) is 20.4. The molecule has 234 valence electrons. The Bertz CT molecular complexity index is 1570. The second kappa shape index (κ2) is 10.8. The van der Waals surface area contributed by atoms with E-state index in [1.165, 1.54) is 31.1 Å². The number of rotatable bonds is 7. The van der Waals surface area contributed by atoms with Crippen LogP contribution in [0.1, 0.15) is 28.8 Å². The summed E-state index contributed by atoms with van der Waals surface area (Å²) in [5.41, 5.74) is 12.1. The molecule has 3 aliphatic carbocycles. The number of carbonyl (C=O) groups excluding carboxylic acids is 6. The van der Waals surface area contributed by atoms with Crippen molar-refractivity contribution in [1.82, 2.24) is 4.90 Å². The number of anilines is 2. The molecule has 3 aliphatic rings. The summed E-state index contributed by atoms with van der Waals surface area (Å²) in [6.45, 7) is 3.54. The average molecular weight is 610 g/mol. The van der Waals surface area contributed by atoms with Gasteiger partial charge in [0.25, 0.3) is 0 Å². The van der Waals surface area contributed by atoms with E-state index in [0.717, 1.165) is 0 Å². The predicted octanol–water partition coefficient (Wildman–Crippen LogP) is -1.00. The quantitative estimate of drug-likeness (QED) is 0.108. The maximum Gasteiger partial charge on any atom is 0.411 e. The van der Waals surface area contributed by atoms with Gasteiger partial charge in [0.05, 0.1) is 35.5 Å². The molecule has 0 heterocycles. The van der Waals surface area contributed by atoms with Crippen LogP contribution in [0.25, 0.3) is 0 Å². The lowest BCUT2D eigenvalue weighted by Gasteiger charge is -2.60. The van der Waals surface area contributed by atoms with E-state index in [1.54, 1.807) is 25.1 Å². The zero-order valence-corrected chi connectivity index (χ0v) is 24.8. The minimum Gasteiger partial charge on any atom is -0.505 e. The third-order valence-corrected chi connectivity index (χ3v) is 8.84. The topological polar surface area (TPSA) is 252 Å². The number of nitriles is 1. The van der Waals surface area contributed by atoms with E-state index in [1.807, 2.05) is 0 Å². The van der Waals surface area contributed by atoms with Gasteiger partial charge in [-0.3, -0.25) is 34.2 Å². The highest BCUT2D eigenvalue weighted by molar-refractivity contribution is 6.33. The molecule has 2 unspecified atom stereocenters. The lowest BCUT2D eigenvalue weighted by Crippen LogP contribution is -2.85. The minimum atomic E-state index is -2.86. The molecule has 0 spiro atoms. The molecule has 0 saturated heterocycles. The van der Waals surface area contributed by atoms with E-state index in [9.17, 15) is 39.1 Å². The Labute approximate surface area is 252 Å². The molecule has 0 bridgehead atoms. The van der Waals surface area contributed by atoms with Crippen LogP contribution in [0.2, 0.25) is 0 Å². The number of hydrogen-bond donors (Lipinski definition) is 5. The van der Waals surface area contributed by atoms with Gasteiger partial charge in [0.1, 0.15) is 11.7 Å². The fraction of sp³-hybridized carbons (Fsp3) is 0.483. The van der Waals surface area contributed by atoms with Crippen molar-refractivity contribution in [2.45, 2.75) is 36.4 Å². The van der Waals surface area contributed by atoms with Gasteiger partial charge in [-0.05, 0) is 45.0 Å². The maximum absolute atomic E-state index is 14.5. The number of benzene rings is 1. The highest BCUT2D eigenvalue weighted by atomic mass is 16.5. The molecule has 1 aromatic carbocycles. The van der Waals surface area contributed by atoms with Crippen LogP contribution in [-0.2, 0) is 30.3 Å². The first-order valence-corrected chi connectivity index (χ1v) is 13.7. The van der Waals surface area contributed by atoms with Crippen LogP contribution in [0.15, 0.2) is 18.7 Å². The van der Waals surface area contributed by atoms with Crippen LogP contribution in [0.3, 0.4) is 0 Å². The fourth-order valence-corrected chi connectivity index (χ4v) is 7.13. The predicted molar refractivity (Wildman–Crippen MR) is 155 cm³/mol. The first kappa shape index (κ1) is 32.3. The Balaban J connectivity index is 1.95. The minimum absolute atomic E-state index is 0.000621. The highest BCUT2D eigenvalue weighted by Gasteiger charge is 2.78. The molecule has 1 aromatic rings. The number of ether oxygens (including phenoxy) is 1. The number of amides is 2. The molecule has 8 N–H and O–H groups in total. The second-order valence-electron chi connectivity index (χ2n) is 12.0. The standard InChI is InChI=1S/C29H35N7O8/c1-6-7-8-44-26(43)34-14-9-15(35(2)3)13-10-27(32)11-29(33)22(36(4)5)21(39)17(25(31)42)23(40)28(29,12-30)24(41)18(27)20(38)16(13)19(14)37/h6,9,17-18,22,37H,1,7-8,10-11,32-33H2,2-5H3,(H2,31,42)(H,34,43)/t17?,18?,22-,27-,28+,29-/m1/s1. The Morgan fingerprint density at radius 3 is 2.36 bits per heavy atom. The average Bonchev–Trinajstić information content (AvgIpc) is 2.89. The van der Waals surface area contributed by atoms with Gasteiger partial charge in [0, 0.05) is 25.3 Å². The van der Waals surface area contributed by atoms with E-state index in [2.05, 4.69) is 11.9 Å². The van der Waals surface area contributed by atoms with Crippen molar-refractivity contribution in [2.24, 2.45) is 34.5 Å². The van der Waals surface area contributed by atoms with Gasteiger partial charge in [-0.2, -0.15) is 5.26 Å². The summed E-state index contributed by atoms with van der Waals surface area (Å²) < 4.78 is 5.05. The van der Waals surface area contributed by atoms with Crippen molar-refractivity contribution in [1.29, 1.82) is 5.26 Å². The second-order valence-corrected chi connectivity index (χ2v) is 12.0. The number of aromatic hydroxyl groups is 1. The van der Waals surface area contributed by atoms with Gasteiger partial charge in [-0.1, -0.05) is 6.08 Å². The van der Waals surface area contributed by atoms with Gasteiger partial charge < -0.3 is 31.9 Å². The summed E-state index contributed by atoms with van der Waals surface area (Å²) >= 11 is 0. The third kappa shape index (κ3) is 4.28. The molecule has 15 heteroatoms. The van der Waals surface area contributed by atoms with E-state index in [0.29, 0.717) is 12.1 Å². The maximum atomic E-state index is 14.5. The summed E-state index contributed by atoms with van der Waals surface area (Å²) in [6.07, 6.45) is 0.183. The molecule has 6 atom stereocenters. The molecule has 2 fully saturated rings. The number of nitrogens with two attached hydrogens (primary N) is 3. The van der Waals surface area contributed by atoms with Gasteiger partial charge in [0.15, 0.2) is 34.5 Å². The van der Waals surface area contributed by atoms with Crippen LogP contribution >= 0.6 is 0 Å². The number of likely N-dealkylation sites (N-methyl/N-ethyl adjacent to an activating group) is 1. The van der Waals surface area contributed by atoms with Crippen molar-refractivity contribution in [3.8, 4) is 11.8 Å². The summed E-state index contributed by atoms with van der Waals surface area (Å²) in [7, 11) is 6.13. The number of carbonyl (C=O) groups is 6. The largest absolute Gasteiger partial charge is 0.505 e. The van der Waals surface area contributed by atoms with Crippen LogP contribution in [0.4, 0.5) is 16.2 Å². The Morgan fingerprint density at radius 2 is 1.84 bits per heavy atom. The molecule has 44 heavy (non-hydrogen) atoms. The molecule has 2 amide bonds. The summed E-state index contributed by atoms with van der Waals surface area (Å²) in [4.78, 5) is 83.7. The number of phenols is 1. The summed E-state index contributed by atoms with van der Waals surface area (Å²) in [6, 6.07) is 1.55. The molecule has 0 radical (unpaired) electrons. The summed E-state index contributed by atoms with van der Waals surface area (Å²) in [5, 5.41) is 24.1. The van der Waals surface area contributed by atoms with Crippen LogP contribution < -0.4 is 27.4 Å². The van der Waals surface area contributed by atoms with E-state index < -0.39 is 81.7 Å². The zero-order valence-electron chi connectivity index (χ0n) is 24.8. The summed E-state index contributed by atoms with van der Waals surface area (Å²) in [5.74, 6) is -10.8. The van der Waals surface area contributed by atoms with Gasteiger partial charge >= 0.3 is 6.09 Å². The highest BCUT2D eigenvalue weighted by Crippen LogP contribution is 2.57. The van der Waals surface area contributed by atoms with Crippen molar-refractivity contribution in [3.63, 3.8) is 0 Å². The van der Waals surface area contributed by atoms with Crippen LogP contribution in [0, 0.1) is 28.6 Å². The number of nitrogens with zero attached hydrogens (tertiary/aromatic N) is 3. The van der Waals surface area contributed by atoms with Crippen LogP contribution in [0.5, 0.6) is 5.75 Å². The fourth-order valence-electron chi connectivity index (χ4n) is 7.13. The van der Waals surface area contributed by atoms with Crippen molar-refractivity contribution >= 4 is 46.5 Å². The van der Waals surface area contributed by atoms with E-state index >= 15 is 0 Å². The van der Waals surface area contributed by atoms with Crippen LogP contribution in [-0.4, -0.2) is 97.1 Å². The normalized spacial score (nSPS) is 30.9. The van der Waals surface area contributed by atoms with Gasteiger partial charge in [-0.15, -0.1) is 6.58 Å². The monoisotopic (exact) mass is 609 g/mol. The number of phenolic OH excluding ortho intramolecular Hbond substituents is 1.